The van der Waals surface area contributed by atoms with Gasteiger partial charge in [-0.15, -0.1) is 0 Å². The normalized spacial score (nSPS) is 36.2. The SMILES string of the molecule is CC1=CC[C@H]2C[C@@H]1[C@@]2(C)CC/C=C(/C)C(=O)O. The van der Waals surface area contributed by atoms with Crippen molar-refractivity contribution in [3.8, 4) is 0 Å². The molecule has 1 saturated carbocycles. The van der Waals surface area contributed by atoms with Gasteiger partial charge in [-0.2, -0.15) is 0 Å². The molecular weight excluding hydrogens is 212 g/mol. The number of fused-ring (bicyclic) bond motifs is 1. The van der Waals surface area contributed by atoms with Gasteiger partial charge in [0.2, 0.25) is 0 Å². The van der Waals surface area contributed by atoms with Crippen molar-refractivity contribution in [2.75, 3.05) is 0 Å². The van der Waals surface area contributed by atoms with Gasteiger partial charge in [-0.05, 0) is 56.8 Å². The van der Waals surface area contributed by atoms with E-state index in [1.807, 2.05) is 6.08 Å². The average Bonchev–Trinajstić information content (AvgIpc) is 2.27. The molecule has 2 bridgehead atoms. The number of carbonyl (C=O) groups is 1. The van der Waals surface area contributed by atoms with Gasteiger partial charge < -0.3 is 5.11 Å². The Balaban J connectivity index is 1.95. The van der Waals surface area contributed by atoms with E-state index >= 15 is 0 Å². The summed E-state index contributed by atoms with van der Waals surface area (Å²) in [4.78, 5) is 10.7. The van der Waals surface area contributed by atoms with Crippen molar-refractivity contribution in [3.05, 3.63) is 23.3 Å². The van der Waals surface area contributed by atoms with E-state index < -0.39 is 5.97 Å². The monoisotopic (exact) mass is 234 g/mol. The molecule has 0 aromatic rings. The summed E-state index contributed by atoms with van der Waals surface area (Å²) in [5.41, 5.74) is 2.45. The maximum Gasteiger partial charge on any atom is 0.330 e. The molecule has 94 valence electrons. The molecule has 0 aliphatic heterocycles. The minimum absolute atomic E-state index is 0.425. The lowest BCUT2D eigenvalue weighted by atomic mass is 9.47. The van der Waals surface area contributed by atoms with E-state index in [1.165, 1.54) is 12.8 Å². The molecule has 2 heteroatoms. The van der Waals surface area contributed by atoms with Gasteiger partial charge in [-0.3, -0.25) is 0 Å². The van der Waals surface area contributed by atoms with Crippen molar-refractivity contribution >= 4 is 5.97 Å². The van der Waals surface area contributed by atoms with Crippen LogP contribution in [0.2, 0.25) is 0 Å². The van der Waals surface area contributed by atoms with E-state index in [2.05, 4.69) is 19.9 Å². The van der Waals surface area contributed by atoms with Crippen LogP contribution in [0, 0.1) is 17.3 Å². The fraction of sp³-hybridized carbons (Fsp3) is 0.667. The highest BCUT2D eigenvalue weighted by Crippen LogP contribution is 2.61. The van der Waals surface area contributed by atoms with Crippen LogP contribution in [-0.4, -0.2) is 11.1 Å². The summed E-state index contributed by atoms with van der Waals surface area (Å²) in [5, 5.41) is 8.81. The maximum atomic E-state index is 10.7. The second-order valence-electron chi connectivity index (χ2n) is 5.91. The molecule has 3 aliphatic rings. The summed E-state index contributed by atoms with van der Waals surface area (Å²) in [6.07, 6.45) is 8.85. The highest BCUT2D eigenvalue weighted by molar-refractivity contribution is 5.85. The van der Waals surface area contributed by atoms with E-state index in [4.69, 9.17) is 5.11 Å². The lowest BCUT2D eigenvalue weighted by Crippen LogP contribution is -2.49. The molecule has 3 aliphatic carbocycles. The minimum atomic E-state index is -0.792. The molecule has 0 heterocycles. The van der Waals surface area contributed by atoms with Gasteiger partial charge in [0.05, 0.1) is 0 Å². The molecule has 3 atom stereocenters. The molecule has 0 spiro atoms. The number of rotatable bonds is 4. The largest absolute Gasteiger partial charge is 0.478 e. The maximum absolute atomic E-state index is 10.7. The van der Waals surface area contributed by atoms with Crippen LogP contribution in [0.3, 0.4) is 0 Å². The Kier molecular flexibility index (Phi) is 3.15. The number of carboxylic acid groups (broad SMARTS) is 1. The molecule has 0 unspecified atom stereocenters. The molecule has 3 rings (SSSR count). The number of hydrogen-bond acceptors (Lipinski definition) is 1. The predicted molar refractivity (Wildman–Crippen MR) is 68.7 cm³/mol. The van der Waals surface area contributed by atoms with Crippen LogP contribution in [0.1, 0.15) is 46.5 Å². The van der Waals surface area contributed by atoms with Crippen LogP contribution in [-0.2, 0) is 4.79 Å². The molecular formula is C15H22O2. The van der Waals surface area contributed by atoms with Crippen molar-refractivity contribution in [2.24, 2.45) is 17.3 Å². The Morgan fingerprint density at radius 1 is 1.65 bits per heavy atom. The number of hydrogen-bond donors (Lipinski definition) is 1. The summed E-state index contributed by atoms with van der Waals surface area (Å²) in [6.45, 7) is 6.31. The van der Waals surface area contributed by atoms with Gasteiger partial charge in [0, 0.05) is 5.57 Å². The molecule has 17 heavy (non-hydrogen) atoms. The first-order valence-electron chi connectivity index (χ1n) is 6.52. The Hall–Kier alpha value is -1.05. The van der Waals surface area contributed by atoms with E-state index in [-0.39, 0.29) is 0 Å². The number of carboxylic acids is 1. The van der Waals surface area contributed by atoms with Gasteiger partial charge in [0.15, 0.2) is 0 Å². The van der Waals surface area contributed by atoms with Gasteiger partial charge in [-0.1, -0.05) is 24.6 Å². The quantitative estimate of drug-likeness (QED) is 0.593. The summed E-state index contributed by atoms with van der Waals surface area (Å²) < 4.78 is 0. The predicted octanol–water partition coefficient (Wildman–Crippen LogP) is 3.79. The highest BCUT2D eigenvalue weighted by Gasteiger charge is 2.52. The third-order valence-electron chi connectivity index (χ3n) is 4.99. The number of aliphatic carboxylic acids is 1. The molecule has 0 saturated heterocycles. The summed E-state index contributed by atoms with van der Waals surface area (Å²) in [5.74, 6) is 0.787. The molecule has 2 nitrogen and oxygen atoms in total. The average molecular weight is 234 g/mol. The second kappa shape index (κ2) is 4.32. The van der Waals surface area contributed by atoms with Crippen molar-refractivity contribution < 1.29 is 9.90 Å². The summed E-state index contributed by atoms with van der Waals surface area (Å²) in [6, 6.07) is 0. The van der Waals surface area contributed by atoms with Gasteiger partial charge in [0.1, 0.15) is 0 Å². The minimum Gasteiger partial charge on any atom is -0.478 e. The number of allylic oxidation sites excluding steroid dienone is 3. The van der Waals surface area contributed by atoms with Crippen LogP contribution in [0.15, 0.2) is 23.3 Å². The van der Waals surface area contributed by atoms with Crippen molar-refractivity contribution in [1.29, 1.82) is 0 Å². The Labute approximate surface area is 103 Å². The Morgan fingerprint density at radius 3 is 2.88 bits per heavy atom. The third kappa shape index (κ3) is 2.05. The lowest BCUT2D eigenvalue weighted by molar-refractivity contribution is -0.132. The van der Waals surface area contributed by atoms with Crippen molar-refractivity contribution in [1.82, 2.24) is 0 Å². The Bertz CT molecular complexity index is 392. The van der Waals surface area contributed by atoms with E-state index in [0.717, 1.165) is 24.7 Å². The van der Waals surface area contributed by atoms with Crippen LogP contribution >= 0.6 is 0 Å². The fourth-order valence-corrected chi connectivity index (χ4v) is 3.55. The van der Waals surface area contributed by atoms with Gasteiger partial charge >= 0.3 is 5.97 Å². The molecule has 0 amide bonds. The molecule has 0 radical (unpaired) electrons. The van der Waals surface area contributed by atoms with Gasteiger partial charge in [-0.25, -0.2) is 4.79 Å². The van der Waals surface area contributed by atoms with Crippen molar-refractivity contribution in [3.63, 3.8) is 0 Å². The van der Waals surface area contributed by atoms with Gasteiger partial charge in [0.25, 0.3) is 0 Å². The van der Waals surface area contributed by atoms with Crippen molar-refractivity contribution in [2.45, 2.75) is 46.5 Å². The molecule has 0 aromatic heterocycles. The van der Waals surface area contributed by atoms with Crippen LogP contribution in [0.25, 0.3) is 0 Å². The fourth-order valence-electron chi connectivity index (χ4n) is 3.55. The first-order valence-corrected chi connectivity index (χ1v) is 6.52. The smallest absolute Gasteiger partial charge is 0.330 e. The molecule has 1 N–H and O–H groups in total. The zero-order valence-corrected chi connectivity index (χ0v) is 11.0. The highest BCUT2D eigenvalue weighted by atomic mass is 16.4. The van der Waals surface area contributed by atoms with E-state index in [0.29, 0.717) is 11.0 Å². The first kappa shape index (κ1) is 12.4. The van der Waals surface area contributed by atoms with Crippen LogP contribution in [0.4, 0.5) is 0 Å². The summed E-state index contributed by atoms with van der Waals surface area (Å²) in [7, 11) is 0. The summed E-state index contributed by atoms with van der Waals surface area (Å²) >= 11 is 0. The second-order valence-corrected chi connectivity index (χ2v) is 5.91. The zero-order chi connectivity index (χ0) is 12.6. The lowest BCUT2D eigenvalue weighted by Gasteiger charge is -2.58. The van der Waals surface area contributed by atoms with E-state index in [9.17, 15) is 4.79 Å². The topological polar surface area (TPSA) is 37.3 Å². The zero-order valence-electron chi connectivity index (χ0n) is 11.0. The third-order valence-corrected chi connectivity index (χ3v) is 4.99. The molecule has 1 fully saturated rings. The van der Waals surface area contributed by atoms with Crippen LogP contribution < -0.4 is 0 Å². The van der Waals surface area contributed by atoms with E-state index in [1.54, 1.807) is 12.5 Å². The molecule has 0 aromatic carbocycles. The van der Waals surface area contributed by atoms with Crippen LogP contribution in [0.5, 0.6) is 0 Å². The first-order chi connectivity index (χ1) is 7.95. The Morgan fingerprint density at radius 2 is 2.35 bits per heavy atom. The standard InChI is InChI=1S/C15H22O2/c1-10-6-7-12-9-13(10)15(12,3)8-4-5-11(2)14(16)17/h5-6,12-13H,4,7-9H2,1-3H3,(H,16,17)/b11-5-/t12-,13-,15-/m0/s1.